The standard InChI is InChI=1S/C61H41N3/c1-35-41-29-27-37-16-13-22-45-46-30-26-36-14-6-10-23-51(36)62-59(39-28-31-54-48(33-39)43-20-8-11-24-52(43)63(54)40-17-3-2-4-18-40)61(46)64-53-25-12-9-21-44(53)50-34-49-42-19-7-5-15-38(42)32-47(35)56(49)58(60(50)64)57(41)55(37)45/h2-29,31,33-35,46-47H,30,32H2,1H3/b36-26+,61-59+,62-51-/t35-,46?,47?/m0/s1. The zero-order valence-electron chi connectivity index (χ0n) is 35.4. The van der Waals surface area contributed by atoms with Crippen molar-refractivity contribution in [3.8, 4) is 27.9 Å². The molecular weight excluding hydrogens is 775 g/mol. The molecule has 0 saturated carbocycles. The molecule has 2 aromatic heterocycles. The Morgan fingerprint density at radius 3 is 2.19 bits per heavy atom. The first-order chi connectivity index (χ1) is 31.7. The van der Waals surface area contributed by atoms with E-state index in [-0.39, 0.29) is 5.92 Å². The fourth-order valence-corrected chi connectivity index (χ4v) is 12.7. The Kier molecular flexibility index (Phi) is 6.89. The van der Waals surface area contributed by atoms with Gasteiger partial charge < -0.3 is 9.13 Å². The molecular formula is C61H41N3. The Morgan fingerprint density at radius 1 is 0.547 bits per heavy atom. The lowest BCUT2D eigenvalue weighted by atomic mass is 9.63. The van der Waals surface area contributed by atoms with E-state index in [0.717, 1.165) is 35.1 Å². The number of aromatic nitrogens is 2. The maximum Gasteiger partial charge on any atom is 0.0914 e. The molecule has 9 aromatic carbocycles. The van der Waals surface area contributed by atoms with E-state index in [2.05, 4.69) is 204 Å². The van der Waals surface area contributed by atoms with Gasteiger partial charge in [0, 0.05) is 44.3 Å². The summed E-state index contributed by atoms with van der Waals surface area (Å²) < 4.78 is 5.12. The minimum Gasteiger partial charge on any atom is -0.310 e. The number of hydrogen-bond donors (Lipinski definition) is 0. The van der Waals surface area contributed by atoms with Crippen LogP contribution in [0.3, 0.4) is 0 Å². The van der Waals surface area contributed by atoms with E-state index in [1.807, 2.05) is 0 Å². The van der Waals surface area contributed by atoms with E-state index in [0.29, 0.717) is 11.8 Å². The molecule has 64 heavy (non-hydrogen) atoms. The van der Waals surface area contributed by atoms with E-state index in [1.165, 1.54) is 110 Å². The molecule has 3 heteroatoms. The van der Waals surface area contributed by atoms with Gasteiger partial charge >= 0.3 is 0 Å². The molecule has 3 atom stereocenters. The molecule has 0 N–H and O–H groups in total. The van der Waals surface area contributed by atoms with Crippen molar-refractivity contribution >= 4 is 71.9 Å². The maximum atomic E-state index is 5.92. The quantitative estimate of drug-likeness (QED) is 0.166. The zero-order valence-corrected chi connectivity index (χ0v) is 35.4. The first kappa shape index (κ1) is 34.8. The monoisotopic (exact) mass is 815 g/mol. The molecule has 4 heterocycles. The third kappa shape index (κ3) is 4.48. The average Bonchev–Trinajstić information content (AvgIpc) is 3.84. The summed E-state index contributed by atoms with van der Waals surface area (Å²) in [5.41, 5.74) is 21.0. The lowest BCUT2D eigenvalue weighted by molar-refractivity contribution is 0.563. The highest BCUT2D eigenvalue weighted by molar-refractivity contribution is 6.22. The molecule has 2 aliphatic carbocycles. The largest absolute Gasteiger partial charge is 0.310 e. The van der Waals surface area contributed by atoms with E-state index in [1.54, 1.807) is 0 Å². The number of nitrogens with zero attached hydrogens (tertiary/aromatic N) is 3. The molecule has 15 rings (SSSR count). The predicted molar refractivity (Wildman–Crippen MR) is 266 cm³/mol. The van der Waals surface area contributed by atoms with Crippen LogP contribution in [0.1, 0.15) is 58.9 Å². The third-order valence-electron chi connectivity index (χ3n) is 15.5. The fourth-order valence-electron chi connectivity index (χ4n) is 12.7. The molecule has 0 saturated heterocycles. The van der Waals surface area contributed by atoms with Gasteiger partial charge in [-0.3, -0.25) is 0 Å². The van der Waals surface area contributed by atoms with Crippen LogP contribution >= 0.6 is 0 Å². The van der Waals surface area contributed by atoms with Crippen molar-refractivity contribution in [2.45, 2.75) is 37.5 Å². The second-order valence-corrected chi connectivity index (χ2v) is 18.5. The van der Waals surface area contributed by atoms with Gasteiger partial charge in [0.15, 0.2) is 0 Å². The molecule has 0 fully saturated rings. The first-order valence-electron chi connectivity index (χ1n) is 22.9. The van der Waals surface area contributed by atoms with E-state index >= 15 is 0 Å². The Hall–Kier alpha value is -7.75. The van der Waals surface area contributed by atoms with Gasteiger partial charge in [-0.1, -0.05) is 146 Å². The van der Waals surface area contributed by atoms with Crippen LogP contribution in [-0.4, -0.2) is 9.13 Å². The average molecular weight is 816 g/mol. The molecule has 0 bridgehead atoms. The van der Waals surface area contributed by atoms with Crippen molar-refractivity contribution in [1.82, 2.24) is 9.13 Å². The van der Waals surface area contributed by atoms with Crippen molar-refractivity contribution in [1.29, 1.82) is 0 Å². The van der Waals surface area contributed by atoms with E-state index in [4.69, 9.17) is 4.99 Å². The highest BCUT2D eigenvalue weighted by atomic mass is 15.0. The highest BCUT2D eigenvalue weighted by Crippen LogP contribution is 2.61. The first-order valence-corrected chi connectivity index (χ1v) is 22.9. The Morgan fingerprint density at radius 2 is 1.30 bits per heavy atom. The third-order valence-corrected chi connectivity index (χ3v) is 15.5. The summed E-state index contributed by atoms with van der Waals surface area (Å²) in [6.07, 6.45) is 4.33. The van der Waals surface area contributed by atoms with Crippen molar-refractivity contribution in [3.05, 3.63) is 220 Å². The van der Waals surface area contributed by atoms with Crippen LogP contribution in [-0.2, 0) is 6.42 Å². The van der Waals surface area contributed by atoms with Gasteiger partial charge in [-0.15, -0.1) is 0 Å². The Balaban J connectivity index is 1.17. The zero-order chi connectivity index (χ0) is 41.8. The number of benzene rings is 9. The summed E-state index contributed by atoms with van der Waals surface area (Å²) in [5.74, 6) is 0.728. The molecule has 4 aliphatic rings. The van der Waals surface area contributed by atoms with Crippen LogP contribution < -0.4 is 10.6 Å². The molecule has 2 aliphatic heterocycles. The summed E-state index contributed by atoms with van der Waals surface area (Å²) in [6, 6.07) is 68.5. The van der Waals surface area contributed by atoms with Gasteiger partial charge in [-0.2, -0.15) is 0 Å². The number of para-hydroxylation sites is 4. The molecule has 300 valence electrons. The molecule has 11 aromatic rings. The van der Waals surface area contributed by atoms with Crippen LogP contribution in [0.5, 0.6) is 0 Å². The summed E-state index contributed by atoms with van der Waals surface area (Å²) in [5, 5.41) is 9.96. The number of rotatable bonds is 2. The van der Waals surface area contributed by atoms with Gasteiger partial charge in [0.1, 0.15) is 0 Å². The van der Waals surface area contributed by atoms with Gasteiger partial charge in [-0.25, -0.2) is 4.99 Å². The van der Waals surface area contributed by atoms with Crippen LogP contribution in [0.25, 0.3) is 99.8 Å². The van der Waals surface area contributed by atoms with Crippen molar-refractivity contribution in [2.75, 3.05) is 0 Å². The summed E-state index contributed by atoms with van der Waals surface area (Å²) in [6.45, 7) is 2.50. The fraction of sp³-hybridized carbons (Fsp3) is 0.0984. The molecule has 0 spiro atoms. The predicted octanol–water partition coefficient (Wildman–Crippen LogP) is 14.1. The molecule has 0 radical (unpaired) electrons. The molecule has 3 nitrogen and oxygen atoms in total. The number of hydrogen-bond acceptors (Lipinski definition) is 1. The minimum atomic E-state index is 0.000563. The van der Waals surface area contributed by atoms with Gasteiger partial charge in [0.05, 0.1) is 38.8 Å². The van der Waals surface area contributed by atoms with Crippen LogP contribution in [0, 0.1) is 0 Å². The van der Waals surface area contributed by atoms with Gasteiger partial charge in [-0.05, 0) is 128 Å². The summed E-state index contributed by atoms with van der Waals surface area (Å²) >= 11 is 0. The smallest absolute Gasteiger partial charge is 0.0914 e. The molecule has 2 unspecified atom stereocenters. The topological polar surface area (TPSA) is 22.2 Å². The highest BCUT2D eigenvalue weighted by Gasteiger charge is 2.42. The van der Waals surface area contributed by atoms with Crippen molar-refractivity contribution in [2.24, 2.45) is 4.99 Å². The summed E-state index contributed by atoms with van der Waals surface area (Å²) in [4.78, 5) is 5.92. The maximum absolute atomic E-state index is 5.92. The number of allylic oxidation sites excluding steroid dienone is 1. The van der Waals surface area contributed by atoms with E-state index in [9.17, 15) is 0 Å². The Bertz CT molecular complexity index is 4050. The van der Waals surface area contributed by atoms with Gasteiger partial charge in [0.25, 0.3) is 0 Å². The van der Waals surface area contributed by atoms with Gasteiger partial charge in [0.2, 0.25) is 0 Å². The molecule has 0 amide bonds. The number of fused-ring (bicyclic) bond motifs is 12. The summed E-state index contributed by atoms with van der Waals surface area (Å²) in [7, 11) is 0. The normalized spacial score (nSPS) is 20.2. The van der Waals surface area contributed by atoms with Crippen molar-refractivity contribution < 1.29 is 0 Å². The minimum absolute atomic E-state index is 0.000563. The van der Waals surface area contributed by atoms with Crippen LogP contribution in [0.15, 0.2) is 187 Å². The second-order valence-electron chi connectivity index (χ2n) is 18.5. The lowest BCUT2D eigenvalue weighted by Gasteiger charge is -2.41. The Labute approximate surface area is 370 Å². The van der Waals surface area contributed by atoms with E-state index < -0.39 is 0 Å². The van der Waals surface area contributed by atoms with Crippen LogP contribution in [0.2, 0.25) is 0 Å². The van der Waals surface area contributed by atoms with Crippen LogP contribution in [0.4, 0.5) is 0 Å². The lowest BCUT2D eigenvalue weighted by Crippen LogP contribution is -2.27. The second kappa shape index (κ2) is 12.7. The SMILES string of the molecule is C[C@H]1c2ccc3cccc4c3c2-c2c3c(cc5c6ccccc6n(c25)/C2=C(c5ccc6c(c5)c5ccccc5n6-c5ccccc5)/N=c5/cccc/c5=C\CC24)-c2ccccc2CC31. The van der Waals surface area contributed by atoms with Crippen molar-refractivity contribution in [3.63, 3.8) is 0 Å².